The van der Waals surface area contributed by atoms with E-state index in [0.29, 0.717) is 0 Å². The largest absolute Gasteiger partial charge is 0.314 e. The summed E-state index contributed by atoms with van der Waals surface area (Å²) in [5, 5.41) is 7.40. The second kappa shape index (κ2) is 3.25. The number of rotatable bonds is 3. The lowest BCUT2D eigenvalue weighted by Gasteiger charge is -2.29. The van der Waals surface area contributed by atoms with Gasteiger partial charge in [0.25, 0.3) is 0 Å². The van der Waals surface area contributed by atoms with Crippen LogP contribution >= 0.6 is 0 Å². The van der Waals surface area contributed by atoms with Crippen LogP contribution in [0.3, 0.4) is 0 Å². The normalized spacial score (nSPS) is 43.8. The molecule has 1 saturated carbocycles. The molecule has 0 aromatic heterocycles. The first-order valence-electron chi connectivity index (χ1n) is 5.91. The number of fused-ring (bicyclic) bond motifs is 2. The fourth-order valence-electron chi connectivity index (χ4n) is 3.09. The van der Waals surface area contributed by atoms with Crippen molar-refractivity contribution in [1.29, 1.82) is 0 Å². The highest BCUT2D eigenvalue weighted by Gasteiger charge is 2.38. The number of hydrogen-bond acceptors (Lipinski definition) is 2. The molecule has 0 spiro atoms. The molecular formula is C11H20N2. The summed E-state index contributed by atoms with van der Waals surface area (Å²) in [5.41, 5.74) is 0. The van der Waals surface area contributed by atoms with Crippen LogP contribution in [0.1, 0.15) is 38.5 Å². The molecule has 74 valence electrons. The highest BCUT2D eigenvalue weighted by molar-refractivity contribution is 4.98. The molecular weight excluding hydrogens is 160 g/mol. The molecule has 2 saturated heterocycles. The highest BCUT2D eigenvalue weighted by atomic mass is 15.1. The van der Waals surface area contributed by atoms with Crippen molar-refractivity contribution in [3.63, 3.8) is 0 Å². The second-order valence-corrected chi connectivity index (χ2v) is 5.08. The lowest BCUT2D eigenvalue weighted by molar-refractivity contribution is 0.296. The van der Waals surface area contributed by atoms with Crippen molar-refractivity contribution >= 4 is 0 Å². The van der Waals surface area contributed by atoms with Gasteiger partial charge in [-0.2, -0.15) is 0 Å². The fourth-order valence-corrected chi connectivity index (χ4v) is 3.09. The Morgan fingerprint density at radius 1 is 1.15 bits per heavy atom. The zero-order valence-electron chi connectivity index (χ0n) is 8.26. The highest BCUT2D eigenvalue weighted by Crippen LogP contribution is 2.33. The minimum absolute atomic E-state index is 0.859. The van der Waals surface area contributed by atoms with Gasteiger partial charge in [-0.05, 0) is 44.6 Å². The number of hydrogen-bond donors (Lipinski definition) is 2. The molecule has 2 aliphatic heterocycles. The topological polar surface area (TPSA) is 24.1 Å². The Kier molecular flexibility index (Phi) is 2.06. The predicted molar refractivity (Wildman–Crippen MR) is 53.7 cm³/mol. The Bertz CT molecular complexity index is 189. The maximum absolute atomic E-state index is 3.71. The molecule has 3 unspecified atom stereocenters. The molecule has 2 heterocycles. The molecule has 1 aliphatic carbocycles. The zero-order valence-corrected chi connectivity index (χ0v) is 8.26. The van der Waals surface area contributed by atoms with E-state index < -0.39 is 0 Å². The summed E-state index contributed by atoms with van der Waals surface area (Å²) in [6.45, 7) is 1.28. The Balaban J connectivity index is 1.45. The summed E-state index contributed by atoms with van der Waals surface area (Å²) in [5.74, 6) is 0.944. The molecule has 3 aliphatic rings. The van der Waals surface area contributed by atoms with Crippen molar-refractivity contribution < 1.29 is 0 Å². The molecule has 0 aromatic rings. The van der Waals surface area contributed by atoms with Gasteiger partial charge in [0.2, 0.25) is 0 Å². The molecule has 13 heavy (non-hydrogen) atoms. The average Bonchev–Trinajstić information content (AvgIpc) is 2.61. The van der Waals surface area contributed by atoms with Gasteiger partial charge in [-0.15, -0.1) is 0 Å². The van der Waals surface area contributed by atoms with Crippen LogP contribution in [0.25, 0.3) is 0 Å². The number of nitrogens with one attached hydrogen (secondary N) is 2. The summed E-state index contributed by atoms with van der Waals surface area (Å²) >= 11 is 0. The summed E-state index contributed by atoms with van der Waals surface area (Å²) in [6.07, 6.45) is 8.60. The van der Waals surface area contributed by atoms with E-state index in [4.69, 9.17) is 0 Å². The van der Waals surface area contributed by atoms with E-state index in [-0.39, 0.29) is 0 Å². The first-order valence-corrected chi connectivity index (χ1v) is 5.91. The van der Waals surface area contributed by atoms with Crippen molar-refractivity contribution in [2.24, 2.45) is 5.92 Å². The van der Waals surface area contributed by atoms with E-state index in [1.165, 1.54) is 45.1 Å². The molecule has 3 fully saturated rings. The molecule has 0 amide bonds. The molecule has 0 radical (unpaired) electrons. The van der Waals surface area contributed by atoms with E-state index >= 15 is 0 Å². The monoisotopic (exact) mass is 180 g/mol. The van der Waals surface area contributed by atoms with Crippen molar-refractivity contribution in [3.05, 3.63) is 0 Å². The zero-order chi connectivity index (χ0) is 8.67. The van der Waals surface area contributed by atoms with Crippen LogP contribution < -0.4 is 10.6 Å². The van der Waals surface area contributed by atoms with E-state index in [1.807, 2.05) is 0 Å². The van der Waals surface area contributed by atoms with Gasteiger partial charge >= 0.3 is 0 Å². The Hall–Kier alpha value is -0.0800. The third-order valence-electron chi connectivity index (χ3n) is 4.21. The first-order chi connectivity index (χ1) is 6.42. The maximum atomic E-state index is 3.71. The summed E-state index contributed by atoms with van der Waals surface area (Å²) in [7, 11) is 0. The summed E-state index contributed by atoms with van der Waals surface area (Å²) < 4.78 is 0. The van der Waals surface area contributed by atoms with Gasteiger partial charge in [-0.25, -0.2) is 0 Å². The van der Waals surface area contributed by atoms with E-state index in [1.54, 1.807) is 0 Å². The Morgan fingerprint density at radius 2 is 2.08 bits per heavy atom. The first kappa shape index (κ1) is 8.25. The average molecular weight is 180 g/mol. The smallest absolute Gasteiger partial charge is 0.0111 e. The van der Waals surface area contributed by atoms with Crippen molar-refractivity contribution in [2.45, 2.75) is 56.7 Å². The molecule has 2 bridgehead atoms. The molecule has 2 nitrogen and oxygen atoms in total. The van der Waals surface area contributed by atoms with Crippen LogP contribution in [-0.4, -0.2) is 24.7 Å². The lowest BCUT2D eigenvalue weighted by Crippen LogP contribution is -2.40. The standard InChI is InChI=1S/C11H20N2/c1-2-9(3-1)12-7-8-6-10-4-5-11(8)13-10/h8-13H,1-7H2. The third-order valence-corrected chi connectivity index (χ3v) is 4.21. The summed E-state index contributed by atoms with van der Waals surface area (Å²) in [6, 6.07) is 2.61. The van der Waals surface area contributed by atoms with Crippen LogP contribution in [0.15, 0.2) is 0 Å². The quantitative estimate of drug-likeness (QED) is 0.683. The maximum Gasteiger partial charge on any atom is 0.0111 e. The SMILES string of the molecule is C1CC(NCC2CC3CCC2N3)C1. The predicted octanol–water partition coefficient (Wildman–Crippen LogP) is 1.27. The molecule has 3 atom stereocenters. The van der Waals surface area contributed by atoms with Gasteiger partial charge in [0.1, 0.15) is 0 Å². The fraction of sp³-hybridized carbons (Fsp3) is 1.00. The van der Waals surface area contributed by atoms with Crippen molar-refractivity contribution in [3.8, 4) is 0 Å². The van der Waals surface area contributed by atoms with Crippen LogP contribution in [0.5, 0.6) is 0 Å². The van der Waals surface area contributed by atoms with Gasteiger partial charge in [-0.3, -0.25) is 0 Å². The van der Waals surface area contributed by atoms with E-state index in [2.05, 4.69) is 10.6 Å². The molecule has 0 aromatic carbocycles. The molecule has 2 N–H and O–H groups in total. The Morgan fingerprint density at radius 3 is 2.62 bits per heavy atom. The van der Waals surface area contributed by atoms with Gasteiger partial charge in [-0.1, -0.05) is 6.42 Å². The molecule has 2 heteroatoms. The molecule has 3 rings (SSSR count). The van der Waals surface area contributed by atoms with Crippen LogP contribution in [-0.2, 0) is 0 Å². The van der Waals surface area contributed by atoms with Gasteiger partial charge in [0.15, 0.2) is 0 Å². The van der Waals surface area contributed by atoms with Gasteiger partial charge in [0, 0.05) is 18.1 Å². The summed E-state index contributed by atoms with van der Waals surface area (Å²) in [4.78, 5) is 0. The minimum Gasteiger partial charge on any atom is -0.314 e. The second-order valence-electron chi connectivity index (χ2n) is 5.08. The van der Waals surface area contributed by atoms with Crippen molar-refractivity contribution in [1.82, 2.24) is 10.6 Å². The Labute approximate surface area is 80.5 Å². The third kappa shape index (κ3) is 1.50. The van der Waals surface area contributed by atoms with Crippen LogP contribution in [0, 0.1) is 5.92 Å². The van der Waals surface area contributed by atoms with Crippen LogP contribution in [0.2, 0.25) is 0 Å². The van der Waals surface area contributed by atoms with Crippen LogP contribution in [0.4, 0.5) is 0 Å². The lowest BCUT2D eigenvalue weighted by atomic mass is 9.87. The van der Waals surface area contributed by atoms with E-state index in [9.17, 15) is 0 Å². The minimum atomic E-state index is 0.859. The van der Waals surface area contributed by atoms with Gasteiger partial charge < -0.3 is 10.6 Å². The van der Waals surface area contributed by atoms with Gasteiger partial charge in [0.05, 0.1) is 0 Å². The van der Waals surface area contributed by atoms with E-state index in [0.717, 1.165) is 24.0 Å². The van der Waals surface area contributed by atoms with Crippen molar-refractivity contribution in [2.75, 3.05) is 6.54 Å².